The molecular formula is C39H48F3N5O8S. The number of fused-ring (bicyclic) bond motifs is 5. The number of aryl methyl sites for hydroxylation is 1. The molecule has 4 heterocycles. The second-order valence-electron chi connectivity index (χ2n) is 17.2. The highest BCUT2D eigenvalue weighted by molar-refractivity contribution is 7.91. The first kappa shape index (κ1) is 39.8. The average Bonchev–Trinajstić information content (AvgIpc) is 4.00. The van der Waals surface area contributed by atoms with Crippen LogP contribution in [0.1, 0.15) is 103 Å². The van der Waals surface area contributed by atoms with E-state index in [0.29, 0.717) is 49.5 Å². The Morgan fingerprint density at radius 3 is 2.48 bits per heavy atom. The first-order valence-corrected chi connectivity index (χ1v) is 20.7. The monoisotopic (exact) mass is 803 g/mol. The van der Waals surface area contributed by atoms with Gasteiger partial charge in [0.25, 0.3) is 5.91 Å². The number of hydrogen-bond acceptors (Lipinski definition) is 9. The number of pyridine rings is 1. The number of nitrogens with one attached hydrogen (secondary N) is 3. The minimum absolute atomic E-state index is 0.0967. The summed E-state index contributed by atoms with van der Waals surface area (Å²) in [5.74, 6) is -3.39. The van der Waals surface area contributed by atoms with E-state index in [1.54, 1.807) is 45.0 Å². The van der Waals surface area contributed by atoms with E-state index >= 15 is 0 Å². The van der Waals surface area contributed by atoms with Crippen LogP contribution >= 0.6 is 0 Å². The third kappa shape index (κ3) is 7.67. The lowest BCUT2D eigenvalue weighted by atomic mass is 9.87. The smallest absolute Gasteiger partial charge is 0.437 e. The Bertz CT molecular complexity index is 2100. The number of halogens is 3. The third-order valence-corrected chi connectivity index (χ3v) is 13.8. The van der Waals surface area contributed by atoms with E-state index in [1.807, 2.05) is 6.08 Å². The zero-order chi connectivity index (χ0) is 40.5. The SMILES string of the molecule is CC(C)(C)OC(=O)N[C@H]1CCCCC/C=C\[C@@H]2C[C@@]2(C(=O)NS(=O)(=O)C2(C)CC2)NC(=O)[C@@H]2C[C@]3(CCc4c(c(C(F)(F)F)nc5ccccc45)O3)CN2C1=O. The summed E-state index contributed by atoms with van der Waals surface area (Å²) in [5, 5.41) is 5.94. The molecule has 1 saturated heterocycles. The van der Waals surface area contributed by atoms with Gasteiger partial charge in [-0.3, -0.25) is 19.1 Å². The van der Waals surface area contributed by atoms with Crippen LogP contribution in [0.5, 0.6) is 5.75 Å². The van der Waals surface area contributed by atoms with Crippen molar-refractivity contribution < 1.29 is 50.2 Å². The minimum Gasteiger partial charge on any atom is -0.483 e. The molecule has 56 heavy (non-hydrogen) atoms. The van der Waals surface area contributed by atoms with E-state index in [-0.39, 0.29) is 44.2 Å². The molecule has 4 amide bonds. The number of rotatable bonds is 4. The van der Waals surface area contributed by atoms with Gasteiger partial charge in [0, 0.05) is 23.3 Å². The maximum Gasteiger partial charge on any atom is 0.437 e. The van der Waals surface area contributed by atoms with Crippen LogP contribution in [0.4, 0.5) is 18.0 Å². The van der Waals surface area contributed by atoms with Gasteiger partial charge in [0.2, 0.25) is 21.8 Å². The summed E-state index contributed by atoms with van der Waals surface area (Å²) < 4.78 is 83.1. The number of alkyl carbamates (subject to hydrolysis) is 1. The van der Waals surface area contributed by atoms with Gasteiger partial charge < -0.3 is 25.0 Å². The van der Waals surface area contributed by atoms with Crippen molar-refractivity contribution in [3.8, 4) is 5.75 Å². The highest BCUT2D eigenvalue weighted by Gasteiger charge is 2.64. The number of allylic oxidation sites excluding steroid dienone is 1. The van der Waals surface area contributed by atoms with E-state index in [2.05, 4.69) is 20.3 Å². The van der Waals surface area contributed by atoms with Gasteiger partial charge in [-0.1, -0.05) is 43.2 Å². The predicted molar refractivity (Wildman–Crippen MR) is 198 cm³/mol. The van der Waals surface area contributed by atoms with Crippen LogP contribution in [-0.4, -0.2) is 82.2 Å². The van der Waals surface area contributed by atoms with Gasteiger partial charge in [0.15, 0.2) is 11.4 Å². The Balaban J connectivity index is 1.26. The topological polar surface area (TPSA) is 173 Å². The Kier molecular flexibility index (Phi) is 9.88. The number of nitrogens with zero attached hydrogens (tertiary/aromatic N) is 2. The van der Waals surface area contributed by atoms with Gasteiger partial charge in [-0.25, -0.2) is 18.2 Å². The number of alkyl halides is 3. The zero-order valence-corrected chi connectivity index (χ0v) is 32.7. The van der Waals surface area contributed by atoms with Crippen LogP contribution in [0.3, 0.4) is 0 Å². The van der Waals surface area contributed by atoms with Crippen LogP contribution < -0.4 is 20.1 Å². The molecule has 3 aliphatic heterocycles. The summed E-state index contributed by atoms with van der Waals surface area (Å²) in [6.07, 6.45) is 1.47. The normalized spacial score (nSPS) is 29.7. The molecule has 2 aromatic rings. The fourth-order valence-corrected chi connectivity index (χ4v) is 9.44. The number of sulfonamides is 1. The Hall–Kier alpha value is -4.41. The molecule has 2 saturated carbocycles. The van der Waals surface area contributed by atoms with Gasteiger partial charge in [-0.2, -0.15) is 13.2 Å². The summed E-state index contributed by atoms with van der Waals surface area (Å²) in [7, 11) is -4.08. The predicted octanol–water partition coefficient (Wildman–Crippen LogP) is 5.21. The molecule has 0 unspecified atom stereocenters. The minimum atomic E-state index is -4.89. The fourth-order valence-electron chi connectivity index (χ4n) is 8.12. The van der Waals surface area contributed by atoms with Crippen LogP contribution in [0, 0.1) is 5.92 Å². The Labute approximate surface area is 323 Å². The molecule has 7 rings (SSSR count). The molecule has 3 N–H and O–H groups in total. The van der Waals surface area contributed by atoms with Crippen molar-refractivity contribution in [1.29, 1.82) is 0 Å². The zero-order valence-electron chi connectivity index (χ0n) is 31.9. The number of benzene rings is 1. The molecule has 0 bridgehead atoms. The molecule has 17 heteroatoms. The largest absolute Gasteiger partial charge is 0.483 e. The first-order chi connectivity index (χ1) is 26.2. The number of hydrogen-bond donors (Lipinski definition) is 3. The second-order valence-corrected chi connectivity index (χ2v) is 19.4. The highest BCUT2D eigenvalue weighted by atomic mass is 32.2. The van der Waals surface area contributed by atoms with E-state index in [1.165, 1.54) is 17.9 Å². The maximum absolute atomic E-state index is 14.7. The van der Waals surface area contributed by atoms with Gasteiger partial charge in [0.05, 0.1) is 16.8 Å². The van der Waals surface area contributed by atoms with Crippen molar-refractivity contribution in [2.24, 2.45) is 5.92 Å². The van der Waals surface area contributed by atoms with Gasteiger partial charge >= 0.3 is 12.3 Å². The summed E-state index contributed by atoms with van der Waals surface area (Å²) in [6.45, 7) is 6.23. The Morgan fingerprint density at radius 2 is 1.79 bits per heavy atom. The van der Waals surface area contributed by atoms with E-state index in [0.717, 1.165) is 0 Å². The molecule has 1 aromatic carbocycles. The number of amides is 4. The van der Waals surface area contributed by atoms with Crippen LogP contribution in [0.2, 0.25) is 0 Å². The number of carbonyl (C=O) groups excluding carboxylic acids is 4. The molecule has 0 radical (unpaired) electrons. The van der Waals surface area contributed by atoms with Crippen molar-refractivity contribution >= 4 is 44.7 Å². The summed E-state index contributed by atoms with van der Waals surface area (Å²) in [6, 6.07) is 3.91. The standard InChI is InChI=1S/C39H48F3N5O8S/c1-35(2,3)55-34(51)44-27-15-9-7-5-6-8-12-23-20-38(23,33(50)46-56(52,53)36(4)18-19-36)45-31(48)28-21-37(22-47(28)32(27)49)17-16-25-24-13-10-11-14-26(24)43-30(29(25)54-37)39(40,41)42/h8,10-14,23,27-28H,5-7,9,15-22H2,1-4H3,(H,44,51)(H,45,48)(H,46,50)/b12-8-/t23-,27+,28+,37-,38-/m1/s1. The quantitative estimate of drug-likeness (QED) is 0.351. The van der Waals surface area contributed by atoms with Crippen molar-refractivity contribution in [2.75, 3.05) is 6.54 Å². The third-order valence-electron chi connectivity index (χ3n) is 11.7. The lowest BCUT2D eigenvalue weighted by Gasteiger charge is -2.37. The molecule has 3 fully saturated rings. The lowest BCUT2D eigenvalue weighted by molar-refractivity contribution is -0.144. The molecule has 13 nitrogen and oxygen atoms in total. The highest BCUT2D eigenvalue weighted by Crippen LogP contribution is 2.50. The molecular weight excluding hydrogens is 756 g/mol. The van der Waals surface area contributed by atoms with E-state index in [4.69, 9.17) is 9.47 Å². The molecule has 5 aliphatic rings. The number of ether oxygens (including phenoxy) is 2. The van der Waals surface area contributed by atoms with Gasteiger partial charge in [-0.05, 0) is 85.1 Å². The number of carbonyl (C=O) groups is 4. The van der Waals surface area contributed by atoms with Crippen LogP contribution in [-0.2, 0) is 41.7 Å². The van der Waals surface area contributed by atoms with Crippen molar-refractivity contribution in [1.82, 2.24) is 25.2 Å². The second kappa shape index (κ2) is 13.9. The molecule has 1 aromatic heterocycles. The number of para-hydroxylation sites is 1. The maximum atomic E-state index is 14.7. The average molecular weight is 804 g/mol. The fraction of sp³-hybridized carbons (Fsp3) is 0.615. The molecule has 1 spiro atoms. The molecule has 304 valence electrons. The van der Waals surface area contributed by atoms with Crippen LogP contribution in [0.25, 0.3) is 10.9 Å². The summed E-state index contributed by atoms with van der Waals surface area (Å²) >= 11 is 0. The molecule has 2 aliphatic carbocycles. The van der Waals surface area contributed by atoms with Gasteiger partial charge in [-0.15, -0.1) is 0 Å². The first-order valence-electron chi connectivity index (χ1n) is 19.2. The van der Waals surface area contributed by atoms with Crippen molar-refractivity contribution in [2.45, 2.75) is 138 Å². The number of aromatic nitrogens is 1. The Morgan fingerprint density at radius 1 is 1.05 bits per heavy atom. The van der Waals surface area contributed by atoms with Gasteiger partial charge in [0.1, 0.15) is 28.8 Å². The molecule has 5 atom stereocenters. The van der Waals surface area contributed by atoms with E-state index < -0.39 is 90.9 Å². The lowest BCUT2D eigenvalue weighted by Crippen LogP contribution is -2.58. The van der Waals surface area contributed by atoms with Crippen molar-refractivity contribution in [3.63, 3.8) is 0 Å². The van der Waals surface area contributed by atoms with Crippen molar-refractivity contribution in [3.05, 3.63) is 47.7 Å². The summed E-state index contributed by atoms with van der Waals surface area (Å²) in [5.41, 5.74) is -4.79. The van der Waals surface area contributed by atoms with E-state index in [9.17, 15) is 40.8 Å². The van der Waals surface area contributed by atoms with Crippen LogP contribution in [0.15, 0.2) is 36.4 Å². The summed E-state index contributed by atoms with van der Waals surface area (Å²) in [4.78, 5) is 61.3.